The van der Waals surface area contributed by atoms with E-state index in [0.717, 1.165) is 0 Å². The smallest absolute Gasteiger partial charge is 0.407 e. The first-order valence-corrected chi connectivity index (χ1v) is 8.86. The summed E-state index contributed by atoms with van der Waals surface area (Å²) in [5.74, 6) is -2.71. The van der Waals surface area contributed by atoms with E-state index in [9.17, 15) is 19.2 Å². The van der Waals surface area contributed by atoms with Gasteiger partial charge in [-0.25, -0.2) is 9.59 Å². The first kappa shape index (κ1) is 18.9. The van der Waals surface area contributed by atoms with Crippen molar-refractivity contribution in [3.8, 4) is 0 Å². The molecule has 3 amide bonds. The molecule has 8 heteroatoms. The van der Waals surface area contributed by atoms with E-state index >= 15 is 0 Å². The number of fused-ring (bicyclic) bond motifs is 1. The highest BCUT2D eigenvalue weighted by Gasteiger charge is 2.42. The lowest BCUT2D eigenvalue weighted by Gasteiger charge is -2.24. The van der Waals surface area contributed by atoms with Crippen molar-refractivity contribution in [2.45, 2.75) is 51.7 Å². The number of imide groups is 1. The Labute approximate surface area is 156 Å². The van der Waals surface area contributed by atoms with Crippen molar-refractivity contribution in [1.82, 2.24) is 10.4 Å². The number of carbonyl (C=O) groups is 4. The zero-order valence-electron chi connectivity index (χ0n) is 15.5. The number of benzene rings is 1. The number of rotatable bonds is 3. The molecule has 0 bridgehead atoms. The lowest BCUT2D eigenvalue weighted by molar-refractivity contribution is -0.174. The third kappa shape index (κ3) is 3.94. The second kappa shape index (κ2) is 7.02. The van der Waals surface area contributed by atoms with Gasteiger partial charge < -0.3 is 14.9 Å². The fraction of sp³-hybridized carbons (Fsp3) is 0.474. The number of hydrogen-bond acceptors (Lipinski definition) is 6. The summed E-state index contributed by atoms with van der Waals surface area (Å²) in [6, 6.07) is 5.81. The van der Waals surface area contributed by atoms with Crippen molar-refractivity contribution in [2.24, 2.45) is 5.92 Å². The van der Waals surface area contributed by atoms with Crippen LogP contribution in [0.3, 0.4) is 0 Å². The number of nitrogens with one attached hydrogen (secondary N) is 1. The average molecular weight is 374 g/mol. The molecule has 1 N–H and O–H groups in total. The molecule has 0 spiro atoms. The van der Waals surface area contributed by atoms with E-state index < -0.39 is 41.4 Å². The van der Waals surface area contributed by atoms with E-state index in [2.05, 4.69) is 5.32 Å². The molecule has 0 saturated heterocycles. The highest BCUT2D eigenvalue weighted by molar-refractivity contribution is 6.20. The largest absolute Gasteiger partial charge is 0.444 e. The minimum atomic E-state index is -0.719. The highest BCUT2D eigenvalue weighted by atomic mass is 16.7. The van der Waals surface area contributed by atoms with Crippen LogP contribution in [0.2, 0.25) is 0 Å². The molecule has 8 nitrogen and oxygen atoms in total. The molecule has 0 aromatic heterocycles. The topological polar surface area (TPSA) is 102 Å². The van der Waals surface area contributed by atoms with Gasteiger partial charge in [0.25, 0.3) is 11.8 Å². The van der Waals surface area contributed by atoms with Crippen LogP contribution >= 0.6 is 0 Å². The fourth-order valence-electron chi connectivity index (χ4n) is 3.28. The molecule has 3 rings (SSSR count). The molecule has 1 heterocycles. The highest BCUT2D eigenvalue weighted by Crippen LogP contribution is 2.29. The molecule has 1 aliphatic heterocycles. The molecule has 1 aliphatic carbocycles. The summed E-state index contributed by atoms with van der Waals surface area (Å²) in [4.78, 5) is 54.3. The number of hydrogen-bond donors (Lipinski definition) is 1. The van der Waals surface area contributed by atoms with Crippen molar-refractivity contribution in [2.75, 3.05) is 0 Å². The van der Waals surface area contributed by atoms with Crippen molar-refractivity contribution in [3.63, 3.8) is 0 Å². The van der Waals surface area contributed by atoms with Crippen molar-refractivity contribution in [1.29, 1.82) is 0 Å². The van der Waals surface area contributed by atoms with Crippen molar-refractivity contribution >= 4 is 23.9 Å². The molecule has 0 radical (unpaired) electrons. The lowest BCUT2D eigenvalue weighted by Crippen LogP contribution is -2.45. The lowest BCUT2D eigenvalue weighted by atomic mass is 10.0. The van der Waals surface area contributed by atoms with Gasteiger partial charge in [-0.05, 0) is 45.7 Å². The number of ether oxygens (including phenoxy) is 1. The van der Waals surface area contributed by atoms with E-state index in [-0.39, 0.29) is 11.1 Å². The summed E-state index contributed by atoms with van der Waals surface area (Å²) < 4.78 is 5.22. The van der Waals surface area contributed by atoms with E-state index in [0.29, 0.717) is 24.3 Å². The van der Waals surface area contributed by atoms with Crippen LogP contribution < -0.4 is 5.32 Å². The van der Waals surface area contributed by atoms with Gasteiger partial charge in [0.05, 0.1) is 17.0 Å². The predicted molar refractivity (Wildman–Crippen MR) is 93.5 cm³/mol. The van der Waals surface area contributed by atoms with E-state index in [1.807, 2.05) is 0 Å². The molecule has 2 atom stereocenters. The third-order valence-electron chi connectivity index (χ3n) is 4.46. The Morgan fingerprint density at radius 3 is 2.22 bits per heavy atom. The number of amides is 3. The predicted octanol–water partition coefficient (Wildman–Crippen LogP) is 2.43. The maximum absolute atomic E-state index is 12.6. The van der Waals surface area contributed by atoms with E-state index in [4.69, 9.17) is 9.57 Å². The van der Waals surface area contributed by atoms with Crippen LogP contribution in [-0.2, 0) is 14.4 Å². The second-order valence-electron chi connectivity index (χ2n) is 7.65. The SMILES string of the molecule is CC(C)(C)OC(=O)N[C@H]1CCC[C@H]1C(=O)ON1C(=O)c2ccccc2C1=O. The Hall–Kier alpha value is -2.90. The first-order valence-electron chi connectivity index (χ1n) is 8.86. The number of nitrogens with zero attached hydrogens (tertiary/aromatic N) is 1. The molecule has 1 fully saturated rings. The Kier molecular flexibility index (Phi) is 4.91. The van der Waals surface area contributed by atoms with Crippen molar-refractivity contribution in [3.05, 3.63) is 35.4 Å². The number of alkyl carbamates (subject to hydrolysis) is 1. The average Bonchev–Trinajstić information content (AvgIpc) is 3.12. The van der Waals surface area contributed by atoms with Gasteiger partial charge in [0.2, 0.25) is 0 Å². The first-order chi connectivity index (χ1) is 12.7. The van der Waals surface area contributed by atoms with Crippen LogP contribution in [0.4, 0.5) is 4.79 Å². The monoisotopic (exact) mass is 374 g/mol. The molecule has 144 valence electrons. The second-order valence-corrected chi connectivity index (χ2v) is 7.65. The quantitative estimate of drug-likeness (QED) is 0.816. The van der Waals surface area contributed by atoms with Gasteiger partial charge in [-0.3, -0.25) is 9.59 Å². The summed E-state index contributed by atoms with van der Waals surface area (Å²) in [6.45, 7) is 5.24. The van der Waals surface area contributed by atoms with Gasteiger partial charge in [0, 0.05) is 6.04 Å². The molecule has 27 heavy (non-hydrogen) atoms. The van der Waals surface area contributed by atoms with Gasteiger partial charge in [0.1, 0.15) is 5.60 Å². The Morgan fingerprint density at radius 1 is 1.07 bits per heavy atom. The van der Waals surface area contributed by atoms with Gasteiger partial charge >= 0.3 is 12.1 Å². The van der Waals surface area contributed by atoms with Crippen LogP contribution in [0.25, 0.3) is 0 Å². The zero-order chi connectivity index (χ0) is 19.8. The summed E-state index contributed by atoms with van der Waals surface area (Å²) in [5, 5.41) is 3.18. The van der Waals surface area contributed by atoms with Crippen LogP contribution in [0.15, 0.2) is 24.3 Å². The standard InChI is InChI=1S/C19H22N2O6/c1-19(2,3)26-18(25)20-14-10-6-9-13(14)17(24)27-21-15(22)11-7-4-5-8-12(11)16(21)23/h4-5,7-8,13-14H,6,9-10H2,1-3H3,(H,20,25)/t13-,14+/m1/s1. The fourth-order valence-corrected chi connectivity index (χ4v) is 3.28. The Bertz CT molecular complexity index is 763. The van der Waals surface area contributed by atoms with Crippen LogP contribution in [-0.4, -0.2) is 40.6 Å². The van der Waals surface area contributed by atoms with E-state index in [1.165, 1.54) is 12.1 Å². The maximum Gasteiger partial charge on any atom is 0.407 e. The Balaban J connectivity index is 1.65. The van der Waals surface area contributed by atoms with Crippen LogP contribution in [0.1, 0.15) is 60.7 Å². The van der Waals surface area contributed by atoms with Gasteiger partial charge in [-0.1, -0.05) is 23.6 Å². The van der Waals surface area contributed by atoms with E-state index in [1.54, 1.807) is 32.9 Å². The molecule has 1 saturated carbocycles. The molecule has 0 unspecified atom stereocenters. The molecular weight excluding hydrogens is 352 g/mol. The van der Waals surface area contributed by atoms with Crippen LogP contribution in [0.5, 0.6) is 0 Å². The minimum Gasteiger partial charge on any atom is -0.444 e. The molecular formula is C19H22N2O6. The minimum absolute atomic E-state index is 0.199. The van der Waals surface area contributed by atoms with Crippen LogP contribution in [0, 0.1) is 5.92 Å². The summed E-state index contributed by atoms with van der Waals surface area (Å²) >= 11 is 0. The molecule has 1 aromatic carbocycles. The third-order valence-corrected chi connectivity index (χ3v) is 4.46. The maximum atomic E-state index is 12.6. The number of hydroxylamine groups is 2. The van der Waals surface area contributed by atoms with Gasteiger partial charge in [-0.2, -0.15) is 0 Å². The number of carbonyl (C=O) groups excluding carboxylic acids is 4. The Morgan fingerprint density at radius 2 is 1.67 bits per heavy atom. The summed E-state index contributed by atoms with van der Waals surface area (Å²) in [6.07, 6.45) is 1.17. The van der Waals surface area contributed by atoms with Gasteiger partial charge in [-0.15, -0.1) is 0 Å². The summed E-state index contributed by atoms with van der Waals surface area (Å²) in [7, 11) is 0. The zero-order valence-corrected chi connectivity index (χ0v) is 15.5. The molecule has 1 aromatic rings. The normalized spacial score (nSPS) is 21.8. The summed E-state index contributed by atoms with van der Waals surface area (Å²) in [5.41, 5.74) is -0.255. The van der Waals surface area contributed by atoms with Crippen molar-refractivity contribution < 1.29 is 28.8 Å². The van der Waals surface area contributed by atoms with Gasteiger partial charge in [0.15, 0.2) is 0 Å². The molecule has 2 aliphatic rings.